The van der Waals surface area contributed by atoms with Gasteiger partial charge < -0.3 is 10.2 Å². The van der Waals surface area contributed by atoms with Gasteiger partial charge in [-0.25, -0.2) is 15.2 Å². The molecule has 1 aromatic heterocycles. The molecule has 8 heteroatoms. The summed E-state index contributed by atoms with van der Waals surface area (Å²) in [7, 11) is 0. The number of anilines is 1. The first-order chi connectivity index (χ1) is 12.3. The first kappa shape index (κ1) is 20.0. The minimum Gasteiger partial charge on any atom is -0.493 e. The van der Waals surface area contributed by atoms with Crippen LogP contribution in [0, 0.1) is 11.8 Å². The summed E-state index contributed by atoms with van der Waals surface area (Å²) in [6.07, 6.45) is 2.33. The number of allylic oxidation sites excluding steroid dienone is 5. The van der Waals surface area contributed by atoms with Gasteiger partial charge >= 0.3 is 6.18 Å². The van der Waals surface area contributed by atoms with E-state index in [1.165, 1.54) is 18.3 Å². The van der Waals surface area contributed by atoms with Crippen LogP contribution in [0.2, 0.25) is 0 Å². The second-order valence-electron chi connectivity index (χ2n) is 6.00. The Morgan fingerprint density at radius 3 is 2.81 bits per heavy atom. The fourth-order valence-electron chi connectivity index (χ4n) is 2.70. The van der Waals surface area contributed by atoms with Crippen molar-refractivity contribution in [3.8, 4) is 5.75 Å². The molecule has 2 atom stereocenters. The highest BCUT2D eigenvalue weighted by Crippen LogP contribution is 2.46. The van der Waals surface area contributed by atoms with Crippen LogP contribution in [-0.2, 0) is 6.18 Å². The molecule has 0 bridgehead atoms. The number of halogens is 4. The van der Waals surface area contributed by atoms with Crippen LogP contribution >= 0.6 is 0 Å². The highest BCUT2D eigenvalue weighted by molar-refractivity contribution is 5.52. The smallest absolute Gasteiger partial charge is 0.423 e. The Hall–Kier alpha value is -2.35. The lowest BCUT2D eigenvalue weighted by molar-refractivity contribution is -0.138. The van der Waals surface area contributed by atoms with Crippen LogP contribution in [0.3, 0.4) is 0 Å². The molecule has 0 saturated heterocycles. The Labute approximate surface area is 149 Å². The molecule has 1 aromatic rings. The Bertz CT molecular complexity index is 713. The summed E-state index contributed by atoms with van der Waals surface area (Å²) in [5.41, 5.74) is 1.72. The number of ether oxygens (including phenoxy) is 1. The Kier molecular flexibility index (Phi) is 6.42. The van der Waals surface area contributed by atoms with Crippen LogP contribution in [-0.4, -0.2) is 11.6 Å². The van der Waals surface area contributed by atoms with Gasteiger partial charge in [-0.1, -0.05) is 24.3 Å². The fraction of sp³-hybridized carbons (Fsp3) is 0.389. The molecule has 0 aliphatic heterocycles. The molecule has 1 aliphatic rings. The molecule has 0 aromatic carbocycles. The Balaban J connectivity index is 1.90. The summed E-state index contributed by atoms with van der Waals surface area (Å²) < 4.78 is 57.9. The van der Waals surface area contributed by atoms with Gasteiger partial charge in [-0.3, -0.25) is 0 Å². The highest BCUT2D eigenvalue weighted by Gasteiger charge is 2.40. The molecule has 0 radical (unpaired) electrons. The van der Waals surface area contributed by atoms with Gasteiger partial charge in [0.2, 0.25) is 0 Å². The summed E-state index contributed by atoms with van der Waals surface area (Å²) in [5, 5.41) is 0. The van der Waals surface area contributed by atoms with Crippen molar-refractivity contribution < 1.29 is 22.3 Å². The van der Waals surface area contributed by atoms with E-state index in [2.05, 4.69) is 11.6 Å². The van der Waals surface area contributed by atoms with E-state index in [1.54, 1.807) is 13.0 Å². The lowest BCUT2D eigenvalue weighted by Crippen LogP contribution is -2.18. The maximum atomic E-state index is 13.2. The zero-order valence-corrected chi connectivity index (χ0v) is 14.3. The van der Waals surface area contributed by atoms with E-state index in [9.17, 15) is 17.6 Å². The predicted molar refractivity (Wildman–Crippen MR) is 91.9 cm³/mol. The zero-order chi connectivity index (χ0) is 19.3. The third kappa shape index (κ3) is 5.08. The molecule has 4 nitrogen and oxygen atoms in total. The SMILES string of the molecule is C=C(C=CC(F)=CC)C1CC1CCOc1ccnc(NN)c1C(F)(F)F. The van der Waals surface area contributed by atoms with Gasteiger partial charge in [0.05, 0.1) is 6.61 Å². The largest absolute Gasteiger partial charge is 0.493 e. The minimum atomic E-state index is -4.64. The van der Waals surface area contributed by atoms with E-state index in [4.69, 9.17) is 10.6 Å². The number of nitrogen functional groups attached to an aromatic ring is 1. The number of pyridine rings is 1. The van der Waals surface area contributed by atoms with Gasteiger partial charge in [0.25, 0.3) is 0 Å². The number of aromatic nitrogens is 1. The molecular formula is C18H21F4N3O. The lowest BCUT2D eigenvalue weighted by Gasteiger charge is -2.16. The van der Waals surface area contributed by atoms with Crippen molar-refractivity contribution in [2.24, 2.45) is 17.7 Å². The van der Waals surface area contributed by atoms with Crippen molar-refractivity contribution in [1.82, 2.24) is 4.98 Å². The topological polar surface area (TPSA) is 60.2 Å². The number of alkyl halides is 3. The van der Waals surface area contributed by atoms with Crippen molar-refractivity contribution in [1.29, 1.82) is 0 Å². The lowest BCUT2D eigenvalue weighted by atomic mass is 10.1. The van der Waals surface area contributed by atoms with Crippen molar-refractivity contribution in [3.63, 3.8) is 0 Å². The summed E-state index contributed by atoms with van der Waals surface area (Å²) >= 11 is 0. The number of hydrogen-bond acceptors (Lipinski definition) is 4. The first-order valence-corrected chi connectivity index (χ1v) is 8.12. The summed E-state index contributed by atoms with van der Waals surface area (Å²) in [4.78, 5) is 3.57. The molecule has 3 N–H and O–H groups in total. The molecule has 2 rings (SSSR count). The van der Waals surface area contributed by atoms with Gasteiger partial charge in [0.15, 0.2) is 5.82 Å². The number of nitrogens with zero attached hydrogens (tertiary/aromatic N) is 1. The quantitative estimate of drug-likeness (QED) is 0.299. The van der Waals surface area contributed by atoms with Crippen LogP contribution in [0.4, 0.5) is 23.4 Å². The van der Waals surface area contributed by atoms with E-state index in [0.717, 1.165) is 18.1 Å². The summed E-state index contributed by atoms with van der Waals surface area (Å²) in [6.45, 7) is 5.63. The molecule has 142 valence electrons. The van der Waals surface area contributed by atoms with Gasteiger partial charge in [-0.05, 0) is 43.7 Å². The summed E-state index contributed by atoms with van der Waals surface area (Å²) in [6, 6.07) is 1.16. The van der Waals surface area contributed by atoms with Gasteiger partial charge in [-0.15, -0.1) is 0 Å². The average Bonchev–Trinajstić information content (AvgIpc) is 3.37. The van der Waals surface area contributed by atoms with Gasteiger partial charge in [0, 0.05) is 6.20 Å². The molecule has 1 heterocycles. The normalized spacial score (nSPS) is 20.3. The van der Waals surface area contributed by atoms with Crippen LogP contribution in [0.15, 0.2) is 48.5 Å². The number of nitrogens with two attached hydrogens (primary N) is 1. The van der Waals surface area contributed by atoms with Gasteiger partial charge in [0.1, 0.15) is 17.1 Å². The molecule has 1 saturated carbocycles. The number of hydrazine groups is 1. The van der Waals surface area contributed by atoms with Crippen LogP contribution in [0.5, 0.6) is 5.75 Å². The third-order valence-corrected chi connectivity index (χ3v) is 4.21. The zero-order valence-electron chi connectivity index (χ0n) is 14.3. The second kappa shape index (κ2) is 8.35. The van der Waals surface area contributed by atoms with E-state index in [1.807, 2.05) is 5.43 Å². The van der Waals surface area contributed by atoms with E-state index >= 15 is 0 Å². The second-order valence-corrected chi connectivity index (χ2v) is 6.00. The first-order valence-electron chi connectivity index (χ1n) is 8.12. The number of nitrogens with one attached hydrogen (secondary N) is 1. The molecule has 0 spiro atoms. The molecule has 0 amide bonds. The van der Waals surface area contributed by atoms with Gasteiger partial charge in [-0.2, -0.15) is 13.2 Å². The molecular weight excluding hydrogens is 350 g/mol. The number of hydrogen-bond donors (Lipinski definition) is 2. The standard InChI is InChI=1S/C18H21F4N3O/c1-3-13(19)5-4-11(2)14-10-12(14)7-9-26-15-6-8-24-17(25-23)16(15)18(20,21)22/h3-6,8,12,14H,2,7,9-10,23H2,1H3,(H,24,25). The maximum absolute atomic E-state index is 13.2. The van der Waals surface area contributed by atoms with E-state index in [-0.39, 0.29) is 30.0 Å². The number of rotatable bonds is 8. The fourth-order valence-corrected chi connectivity index (χ4v) is 2.70. The molecule has 26 heavy (non-hydrogen) atoms. The Morgan fingerprint density at radius 2 is 2.19 bits per heavy atom. The minimum absolute atomic E-state index is 0.124. The maximum Gasteiger partial charge on any atom is 0.423 e. The van der Waals surface area contributed by atoms with Crippen LogP contribution in [0.25, 0.3) is 0 Å². The van der Waals surface area contributed by atoms with Crippen LogP contribution in [0.1, 0.15) is 25.3 Å². The molecule has 2 unspecified atom stereocenters. The molecule has 1 aliphatic carbocycles. The highest BCUT2D eigenvalue weighted by atomic mass is 19.4. The summed E-state index contributed by atoms with van der Waals surface area (Å²) in [5.74, 6) is 4.44. The average molecular weight is 371 g/mol. The van der Waals surface area contributed by atoms with Crippen molar-refractivity contribution in [2.45, 2.75) is 25.9 Å². The predicted octanol–water partition coefficient (Wildman–Crippen LogP) is 4.78. The van der Waals surface area contributed by atoms with Crippen molar-refractivity contribution in [2.75, 3.05) is 12.0 Å². The van der Waals surface area contributed by atoms with Crippen LogP contribution < -0.4 is 16.0 Å². The van der Waals surface area contributed by atoms with Crippen molar-refractivity contribution in [3.05, 3.63) is 54.0 Å². The Morgan fingerprint density at radius 1 is 1.46 bits per heavy atom. The molecule has 1 fully saturated rings. The monoisotopic (exact) mass is 371 g/mol. The van der Waals surface area contributed by atoms with E-state index in [0.29, 0.717) is 6.42 Å². The van der Waals surface area contributed by atoms with Crippen molar-refractivity contribution >= 4 is 5.82 Å². The third-order valence-electron chi connectivity index (χ3n) is 4.21. The van der Waals surface area contributed by atoms with E-state index < -0.39 is 17.6 Å².